The van der Waals surface area contributed by atoms with Gasteiger partial charge in [0, 0.05) is 10.5 Å². The molecule has 2 rings (SSSR count). The van der Waals surface area contributed by atoms with E-state index in [2.05, 4.69) is 52.4 Å². The van der Waals surface area contributed by atoms with Crippen LogP contribution >= 0.6 is 15.9 Å². The summed E-state index contributed by atoms with van der Waals surface area (Å²) < 4.78 is 14.0. The van der Waals surface area contributed by atoms with Crippen molar-refractivity contribution in [2.24, 2.45) is 5.92 Å². The predicted octanol–water partition coefficient (Wildman–Crippen LogP) is 4.73. The van der Waals surface area contributed by atoms with E-state index < -0.39 is 0 Å². The van der Waals surface area contributed by atoms with Gasteiger partial charge >= 0.3 is 0 Å². The number of benzene rings is 2. The van der Waals surface area contributed by atoms with Crippen LogP contribution in [0.25, 0.3) is 0 Å². The molecule has 0 amide bonds. The molecule has 3 heteroatoms. The second-order valence-corrected chi connectivity index (χ2v) is 5.95. The van der Waals surface area contributed by atoms with E-state index >= 15 is 0 Å². The van der Waals surface area contributed by atoms with Crippen molar-refractivity contribution in [1.82, 2.24) is 5.32 Å². The number of nitrogens with one attached hydrogen (secondary N) is 1. The normalized spacial score (nSPS) is 14.0. The van der Waals surface area contributed by atoms with E-state index in [9.17, 15) is 4.39 Å². The van der Waals surface area contributed by atoms with E-state index in [4.69, 9.17) is 0 Å². The lowest BCUT2D eigenvalue weighted by Crippen LogP contribution is -2.25. The minimum absolute atomic E-state index is 0.207. The van der Waals surface area contributed by atoms with Gasteiger partial charge in [-0.3, -0.25) is 0 Å². The van der Waals surface area contributed by atoms with Crippen LogP contribution in [0, 0.1) is 11.7 Å². The molecule has 2 aromatic carbocycles. The minimum atomic E-state index is -0.207. The Morgan fingerprint density at radius 3 is 2.45 bits per heavy atom. The van der Waals surface area contributed by atoms with Crippen molar-refractivity contribution in [3.63, 3.8) is 0 Å². The quantitative estimate of drug-likeness (QED) is 0.832. The van der Waals surface area contributed by atoms with Crippen LogP contribution < -0.4 is 5.32 Å². The Kier molecular flexibility index (Phi) is 5.32. The summed E-state index contributed by atoms with van der Waals surface area (Å²) in [6.45, 7) is 2.21. The minimum Gasteiger partial charge on any atom is -0.313 e. The largest absolute Gasteiger partial charge is 0.313 e. The van der Waals surface area contributed by atoms with Gasteiger partial charge in [-0.15, -0.1) is 0 Å². The second-order valence-electron chi connectivity index (χ2n) is 5.09. The van der Waals surface area contributed by atoms with Gasteiger partial charge in [0.05, 0.1) is 0 Å². The topological polar surface area (TPSA) is 12.0 Å². The highest BCUT2D eigenvalue weighted by Crippen LogP contribution is 2.28. The fraction of sp³-hybridized carbons (Fsp3) is 0.294. The first kappa shape index (κ1) is 15.2. The van der Waals surface area contributed by atoms with Crippen molar-refractivity contribution >= 4 is 15.9 Å². The zero-order chi connectivity index (χ0) is 14.5. The molecule has 2 aromatic rings. The average Bonchev–Trinajstić information content (AvgIpc) is 2.44. The van der Waals surface area contributed by atoms with Gasteiger partial charge in [-0.2, -0.15) is 0 Å². The van der Waals surface area contributed by atoms with Crippen LogP contribution in [0.2, 0.25) is 0 Å². The molecular weight excluding hydrogens is 317 g/mol. The standard InChI is InChI=1S/C17H19BrFN/c1-12(10-14-8-9-15(19)11-16(14)18)17(20-2)13-6-4-3-5-7-13/h3-9,11-12,17,20H,10H2,1-2H3. The zero-order valence-corrected chi connectivity index (χ0v) is 13.3. The maximum atomic E-state index is 13.1. The van der Waals surface area contributed by atoms with Crippen LogP contribution in [0.5, 0.6) is 0 Å². The lowest BCUT2D eigenvalue weighted by molar-refractivity contribution is 0.408. The molecule has 0 spiro atoms. The van der Waals surface area contributed by atoms with Gasteiger partial charge in [-0.05, 0) is 42.6 Å². The Hall–Kier alpha value is -1.19. The lowest BCUT2D eigenvalue weighted by Gasteiger charge is -2.24. The predicted molar refractivity (Wildman–Crippen MR) is 85.2 cm³/mol. The van der Waals surface area contributed by atoms with Crippen LogP contribution in [-0.2, 0) is 6.42 Å². The van der Waals surface area contributed by atoms with E-state index in [1.54, 1.807) is 0 Å². The fourth-order valence-electron chi connectivity index (χ4n) is 2.59. The third-order valence-corrected chi connectivity index (χ3v) is 4.33. The molecule has 0 aliphatic heterocycles. The highest BCUT2D eigenvalue weighted by molar-refractivity contribution is 9.10. The lowest BCUT2D eigenvalue weighted by atomic mass is 9.89. The van der Waals surface area contributed by atoms with Gasteiger partial charge in [0.25, 0.3) is 0 Å². The number of halogens is 2. The maximum absolute atomic E-state index is 13.1. The van der Waals surface area contributed by atoms with Gasteiger partial charge in [-0.1, -0.05) is 59.3 Å². The summed E-state index contributed by atoms with van der Waals surface area (Å²) in [5, 5.41) is 3.38. The third-order valence-electron chi connectivity index (χ3n) is 3.60. The molecule has 0 heterocycles. The van der Waals surface area contributed by atoms with Gasteiger partial charge < -0.3 is 5.32 Å². The molecule has 0 bridgehead atoms. The molecule has 0 aliphatic rings. The Morgan fingerprint density at radius 2 is 1.85 bits per heavy atom. The van der Waals surface area contributed by atoms with Crippen LogP contribution in [0.15, 0.2) is 53.0 Å². The maximum Gasteiger partial charge on any atom is 0.124 e. The van der Waals surface area contributed by atoms with Crippen LogP contribution in [0.1, 0.15) is 24.1 Å². The molecule has 1 nitrogen and oxygen atoms in total. The Labute approximate surface area is 128 Å². The highest BCUT2D eigenvalue weighted by Gasteiger charge is 2.18. The van der Waals surface area contributed by atoms with E-state index in [0.29, 0.717) is 5.92 Å². The molecule has 2 unspecified atom stereocenters. The SMILES string of the molecule is CNC(c1ccccc1)C(C)Cc1ccc(F)cc1Br. The van der Waals surface area contributed by atoms with Crippen molar-refractivity contribution in [1.29, 1.82) is 0 Å². The summed E-state index contributed by atoms with van der Waals surface area (Å²) in [7, 11) is 1.98. The number of hydrogen-bond acceptors (Lipinski definition) is 1. The average molecular weight is 336 g/mol. The molecule has 106 valence electrons. The summed E-state index contributed by atoms with van der Waals surface area (Å²) in [5.41, 5.74) is 2.41. The molecule has 20 heavy (non-hydrogen) atoms. The van der Waals surface area contributed by atoms with Gasteiger partial charge in [0.2, 0.25) is 0 Å². The first-order chi connectivity index (χ1) is 9.61. The van der Waals surface area contributed by atoms with E-state index in [1.165, 1.54) is 17.7 Å². The Morgan fingerprint density at radius 1 is 1.15 bits per heavy atom. The van der Waals surface area contributed by atoms with Gasteiger partial charge in [0.15, 0.2) is 0 Å². The molecule has 0 saturated heterocycles. The fourth-order valence-corrected chi connectivity index (χ4v) is 3.10. The van der Waals surface area contributed by atoms with Crippen LogP contribution in [0.4, 0.5) is 4.39 Å². The second kappa shape index (κ2) is 7.00. The molecule has 2 atom stereocenters. The third kappa shape index (κ3) is 3.68. The van der Waals surface area contributed by atoms with E-state index in [1.807, 2.05) is 19.2 Å². The summed E-state index contributed by atoms with van der Waals surface area (Å²) in [5.74, 6) is 0.200. The first-order valence-corrected chi connectivity index (χ1v) is 7.57. The van der Waals surface area contributed by atoms with Crippen molar-refractivity contribution in [2.75, 3.05) is 7.05 Å². The van der Waals surface area contributed by atoms with Gasteiger partial charge in [-0.25, -0.2) is 4.39 Å². The molecule has 0 fully saturated rings. The van der Waals surface area contributed by atoms with Crippen molar-refractivity contribution in [3.8, 4) is 0 Å². The van der Waals surface area contributed by atoms with Gasteiger partial charge in [0.1, 0.15) is 5.82 Å². The monoisotopic (exact) mass is 335 g/mol. The summed E-state index contributed by atoms with van der Waals surface area (Å²) in [4.78, 5) is 0. The molecule has 1 N–H and O–H groups in total. The van der Waals surface area contributed by atoms with Crippen LogP contribution in [0.3, 0.4) is 0 Å². The summed E-state index contributed by atoms with van der Waals surface area (Å²) >= 11 is 3.44. The van der Waals surface area contributed by atoms with Crippen molar-refractivity contribution in [3.05, 3.63) is 69.9 Å². The first-order valence-electron chi connectivity index (χ1n) is 6.78. The smallest absolute Gasteiger partial charge is 0.124 e. The highest BCUT2D eigenvalue weighted by atomic mass is 79.9. The van der Waals surface area contributed by atoms with Crippen molar-refractivity contribution in [2.45, 2.75) is 19.4 Å². The summed E-state index contributed by atoms with van der Waals surface area (Å²) in [6, 6.07) is 15.6. The van der Waals surface area contributed by atoms with E-state index in [0.717, 1.165) is 16.5 Å². The molecule has 0 radical (unpaired) electrons. The molecule has 0 aromatic heterocycles. The van der Waals surface area contributed by atoms with Crippen molar-refractivity contribution < 1.29 is 4.39 Å². The zero-order valence-electron chi connectivity index (χ0n) is 11.7. The Balaban J connectivity index is 2.15. The molecular formula is C17H19BrFN. The molecule has 0 aliphatic carbocycles. The number of rotatable bonds is 5. The van der Waals surface area contributed by atoms with E-state index in [-0.39, 0.29) is 11.9 Å². The van der Waals surface area contributed by atoms with Crippen LogP contribution in [-0.4, -0.2) is 7.05 Å². The number of hydrogen-bond donors (Lipinski definition) is 1. The molecule has 0 saturated carbocycles. The Bertz CT molecular complexity index is 556. The summed E-state index contributed by atoms with van der Waals surface area (Å²) in [6.07, 6.45) is 0.890.